The molecule has 0 aromatic carbocycles. The van der Waals surface area contributed by atoms with Crippen LogP contribution in [0.25, 0.3) is 0 Å². The van der Waals surface area contributed by atoms with E-state index in [9.17, 15) is 4.79 Å². The van der Waals surface area contributed by atoms with Crippen LogP contribution in [0.2, 0.25) is 0 Å². The molecule has 0 rings (SSSR count). The molecular weight excluding hydrogens is 174 g/mol. The van der Waals surface area contributed by atoms with Gasteiger partial charge in [-0.3, -0.25) is 4.79 Å². The fraction of sp³-hybridized carbons (Fsp3) is 0.889. The first-order valence-electron chi connectivity index (χ1n) is 4.45. The molecule has 0 aromatic rings. The van der Waals surface area contributed by atoms with E-state index in [1.165, 1.54) is 0 Å². The standard InChI is InChI=1S/C9H18ClNO/c1-5-8(6-2)11(4)9(12)7(3)10/h7-8H,5-6H2,1-4H3. The summed E-state index contributed by atoms with van der Waals surface area (Å²) < 4.78 is 0. The number of carbonyl (C=O) groups excluding carboxylic acids is 1. The molecule has 12 heavy (non-hydrogen) atoms. The maximum atomic E-state index is 11.4. The van der Waals surface area contributed by atoms with Crippen LogP contribution in [0, 0.1) is 0 Å². The maximum absolute atomic E-state index is 11.4. The smallest absolute Gasteiger partial charge is 0.240 e. The van der Waals surface area contributed by atoms with Crippen molar-refractivity contribution in [3.63, 3.8) is 0 Å². The van der Waals surface area contributed by atoms with Crippen LogP contribution in [-0.4, -0.2) is 29.3 Å². The van der Waals surface area contributed by atoms with Crippen LogP contribution in [0.5, 0.6) is 0 Å². The highest BCUT2D eigenvalue weighted by molar-refractivity contribution is 6.30. The van der Waals surface area contributed by atoms with Crippen molar-refractivity contribution in [3.8, 4) is 0 Å². The number of hydrogen-bond donors (Lipinski definition) is 0. The summed E-state index contributed by atoms with van der Waals surface area (Å²) in [5.74, 6) is 0.0189. The normalized spacial score (nSPS) is 13.2. The van der Waals surface area contributed by atoms with Gasteiger partial charge in [0.05, 0.1) is 0 Å². The number of hydrogen-bond acceptors (Lipinski definition) is 1. The molecule has 2 nitrogen and oxygen atoms in total. The fourth-order valence-corrected chi connectivity index (χ4v) is 1.45. The van der Waals surface area contributed by atoms with E-state index < -0.39 is 5.38 Å². The van der Waals surface area contributed by atoms with Gasteiger partial charge in [-0.15, -0.1) is 11.6 Å². The van der Waals surface area contributed by atoms with Crippen molar-refractivity contribution in [2.24, 2.45) is 0 Å². The van der Waals surface area contributed by atoms with Crippen LogP contribution in [0.1, 0.15) is 33.6 Å². The van der Waals surface area contributed by atoms with Crippen LogP contribution >= 0.6 is 11.6 Å². The third kappa shape index (κ3) is 3.02. The Morgan fingerprint density at radius 3 is 2.08 bits per heavy atom. The van der Waals surface area contributed by atoms with Gasteiger partial charge in [-0.25, -0.2) is 0 Å². The molecule has 0 aliphatic rings. The zero-order valence-electron chi connectivity index (χ0n) is 8.30. The highest BCUT2D eigenvalue weighted by atomic mass is 35.5. The van der Waals surface area contributed by atoms with Gasteiger partial charge >= 0.3 is 0 Å². The molecule has 0 saturated carbocycles. The molecule has 1 amide bonds. The minimum atomic E-state index is -0.407. The molecule has 3 heteroatoms. The van der Waals surface area contributed by atoms with Crippen molar-refractivity contribution in [2.75, 3.05) is 7.05 Å². The van der Waals surface area contributed by atoms with E-state index in [0.717, 1.165) is 12.8 Å². The highest BCUT2D eigenvalue weighted by Crippen LogP contribution is 2.09. The lowest BCUT2D eigenvalue weighted by molar-refractivity contribution is -0.131. The largest absolute Gasteiger partial charge is 0.342 e. The van der Waals surface area contributed by atoms with Crippen LogP contribution in [0.3, 0.4) is 0 Å². The van der Waals surface area contributed by atoms with Gasteiger partial charge in [-0.2, -0.15) is 0 Å². The zero-order valence-corrected chi connectivity index (χ0v) is 9.06. The van der Waals surface area contributed by atoms with Crippen LogP contribution in [0.4, 0.5) is 0 Å². The van der Waals surface area contributed by atoms with Crippen LogP contribution < -0.4 is 0 Å². The van der Waals surface area contributed by atoms with E-state index >= 15 is 0 Å². The summed E-state index contributed by atoms with van der Waals surface area (Å²) in [6.07, 6.45) is 1.98. The van der Waals surface area contributed by atoms with Crippen molar-refractivity contribution in [2.45, 2.75) is 45.0 Å². The van der Waals surface area contributed by atoms with Gasteiger partial charge in [-0.05, 0) is 19.8 Å². The molecule has 0 aliphatic heterocycles. The Kier molecular flexibility index (Phi) is 5.31. The number of nitrogens with zero attached hydrogens (tertiary/aromatic N) is 1. The maximum Gasteiger partial charge on any atom is 0.240 e. The molecule has 72 valence electrons. The number of rotatable bonds is 4. The Bertz CT molecular complexity index is 143. The first kappa shape index (κ1) is 11.8. The van der Waals surface area contributed by atoms with E-state index in [2.05, 4.69) is 13.8 Å². The quantitative estimate of drug-likeness (QED) is 0.625. The van der Waals surface area contributed by atoms with Crippen molar-refractivity contribution in [1.29, 1.82) is 0 Å². The third-order valence-corrected chi connectivity index (χ3v) is 2.36. The van der Waals surface area contributed by atoms with Crippen LogP contribution in [0.15, 0.2) is 0 Å². The molecule has 0 aliphatic carbocycles. The second kappa shape index (κ2) is 5.41. The Labute approximate surface area is 79.9 Å². The van der Waals surface area contributed by atoms with E-state index in [1.807, 2.05) is 7.05 Å². The molecule has 0 radical (unpaired) electrons. The number of alkyl halides is 1. The molecule has 0 saturated heterocycles. The van der Waals surface area contributed by atoms with E-state index in [0.29, 0.717) is 6.04 Å². The number of carbonyl (C=O) groups is 1. The summed E-state index contributed by atoms with van der Waals surface area (Å²) in [6, 6.07) is 0.332. The Hall–Kier alpha value is -0.240. The molecule has 1 atom stereocenters. The Morgan fingerprint density at radius 2 is 1.83 bits per heavy atom. The van der Waals surface area contributed by atoms with Crippen molar-refractivity contribution in [3.05, 3.63) is 0 Å². The third-order valence-electron chi connectivity index (χ3n) is 2.18. The SMILES string of the molecule is CCC(CC)N(C)C(=O)C(C)Cl. The molecular formula is C9H18ClNO. The lowest BCUT2D eigenvalue weighted by atomic mass is 10.1. The minimum Gasteiger partial charge on any atom is -0.342 e. The number of amides is 1. The molecule has 0 fully saturated rings. The summed E-state index contributed by atoms with van der Waals surface area (Å²) >= 11 is 5.69. The minimum absolute atomic E-state index is 0.0189. The summed E-state index contributed by atoms with van der Waals surface area (Å²) in [5, 5.41) is -0.407. The van der Waals surface area contributed by atoms with Gasteiger partial charge in [0.15, 0.2) is 0 Å². The highest BCUT2D eigenvalue weighted by Gasteiger charge is 2.19. The summed E-state index contributed by atoms with van der Waals surface area (Å²) in [5.41, 5.74) is 0. The summed E-state index contributed by atoms with van der Waals surface area (Å²) in [6.45, 7) is 5.87. The van der Waals surface area contributed by atoms with Gasteiger partial charge in [0, 0.05) is 13.1 Å². The molecule has 0 heterocycles. The molecule has 0 N–H and O–H groups in total. The summed E-state index contributed by atoms with van der Waals surface area (Å²) in [4.78, 5) is 13.1. The lowest BCUT2D eigenvalue weighted by Gasteiger charge is -2.27. The van der Waals surface area contributed by atoms with Gasteiger partial charge in [0.25, 0.3) is 0 Å². The van der Waals surface area contributed by atoms with Gasteiger partial charge in [0.2, 0.25) is 5.91 Å². The average molecular weight is 192 g/mol. The first-order valence-corrected chi connectivity index (χ1v) is 4.88. The average Bonchev–Trinajstić information content (AvgIpc) is 2.05. The molecule has 0 aromatic heterocycles. The van der Waals surface area contributed by atoms with Crippen molar-refractivity contribution < 1.29 is 4.79 Å². The van der Waals surface area contributed by atoms with Gasteiger partial charge < -0.3 is 4.90 Å². The zero-order chi connectivity index (χ0) is 9.72. The van der Waals surface area contributed by atoms with Crippen LogP contribution in [-0.2, 0) is 4.79 Å². The lowest BCUT2D eigenvalue weighted by Crippen LogP contribution is -2.39. The van der Waals surface area contributed by atoms with Gasteiger partial charge in [0.1, 0.15) is 5.38 Å². The monoisotopic (exact) mass is 191 g/mol. The molecule has 0 spiro atoms. The fourth-order valence-electron chi connectivity index (χ4n) is 1.30. The van der Waals surface area contributed by atoms with E-state index in [4.69, 9.17) is 11.6 Å². The molecule has 1 unspecified atom stereocenters. The van der Waals surface area contributed by atoms with E-state index in [-0.39, 0.29) is 5.91 Å². The van der Waals surface area contributed by atoms with Crippen molar-refractivity contribution >= 4 is 17.5 Å². The number of halogens is 1. The Balaban J connectivity index is 4.15. The predicted octanol–water partition coefficient (Wildman–Crippen LogP) is 2.26. The van der Waals surface area contributed by atoms with Crippen molar-refractivity contribution in [1.82, 2.24) is 4.90 Å². The predicted molar refractivity (Wildman–Crippen MR) is 52.5 cm³/mol. The topological polar surface area (TPSA) is 20.3 Å². The second-order valence-corrected chi connectivity index (χ2v) is 3.69. The summed E-state index contributed by atoms with van der Waals surface area (Å²) in [7, 11) is 1.82. The van der Waals surface area contributed by atoms with Gasteiger partial charge in [-0.1, -0.05) is 13.8 Å². The Morgan fingerprint density at radius 1 is 1.42 bits per heavy atom. The van der Waals surface area contributed by atoms with E-state index in [1.54, 1.807) is 11.8 Å². The first-order chi connectivity index (χ1) is 5.54. The molecule has 0 bridgehead atoms. The second-order valence-electron chi connectivity index (χ2n) is 3.04.